The van der Waals surface area contributed by atoms with E-state index < -0.39 is 0 Å². The average Bonchev–Trinajstić information content (AvgIpc) is 3.46. The normalized spacial score (nSPS) is 18.6. The minimum atomic E-state index is 0.107. The molecule has 2 fully saturated rings. The van der Waals surface area contributed by atoms with Crippen LogP contribution in [0.25, 0.3) is 11.5 Å². The van der Waals surface area contributed by atoms with Gasteiger partial charge in [0.1, 0.15) is 5.69 Å². The molecule has 31 heavy (non-hydrogen) atoms. The number of hydrogen-bond acceptors (Lipinski definition) is 6. The Morgan fingerprint density at radius 1 is 1.10 bits per heavy atom. The van der Waals surface area contributed by atoms with Gasteiger partial charge < -0.3 is 9.84 Å². The molecule has 1 aliphatic heterocycles. The van der Waals surface area contributed by atoms with Gasteiger partial charge in [-0.2, -0.15) is 4.98 Å². The number of carbonyl (C=O) groups is 1. The Balaban J connectivity index is 1.09. The SMILES string of the molecule is O=C(CN1CCC(c2nc(-c3ccccn3)no2)CC1)NCC1(c2ccccc2)CC1. The molecule has 5 rings (SSSR count). The monoisotopic (exact) mass is 417 g/mol. The highest BCUT2D eigenvalue weighted by atomic mass is 16.5. The number of nitrogens with zero attached hydrogens (tertiary/aromatic N) is 4. The van der Waals surface area contributed by atoms with Crippen molar-refractivity contribution >= 4 is 5.91 Å². The van der Waals surface area contributed by atoms with Gasteiger partial charge in [-0.3, -0.25) is 14.7 Å². The number of amides is 1. The first kappa shape index (κ1) is 19.9. The van der Waals surface area contributed by atoms with E-state index in [-0.39, 0.29) is 17.2 Å². The molecule has 1 aromatic carbocycles. The Kier molecular flexibility index (Phi) is 5.51. The average molecular weight is 418 g/mol. The number of benzene rings is 1. The molecular weight excluding hydrogens is 390 g/mol. The van der Waals surface area contributed by atoms with Crippen molar-refractivity contribution in [2.24, 2.45) is 0 Å². The summed E-state index contributed by atoms with van der Waals surface area (Å²) in [6.07, 6.45) is 5.83. The fourth-order valence-electron chi connectivity index (χ4n) is 4.37. The van der Waals surface area contributed by atoms with E-state index in [1.165, 1.54) is 5.56 Å². The quantitative estimate of drug-likeness (QED) is 0.636. The smallest absolute Gasteiger partial charge is 0.234 e. The highest BCUT2D eigenvalue weighted by Crippen LogP contribution is 2.47. The van der Waals surface area contributed by atoms with Gasteiger partial charge in [0, 0.05) is 24.1 Å². The van der Waals surface area contributed by atoms with Crippen LogP contribution in [0.3, 0.4) is 0 Å². The highest BCUT2D eigenvalue weighted by Gasteiger charge is 2.44. The van der Waals surface area contributed by atoms with Gasteiger partial charge in [0.15, 0.2) is 0 Å². The van der Waals surface area contributed by atoms with E-state index in [2.05, 4.69) is 49.6 Å². The van der Waals surface area contributed by atoms with Crippen molar-refractivity contribution in [3.8, 4) is 11.5 Å². The standard InChI is InChI=1S/C24H27N5O2/c30-21(26-17-24(11-12-24)19-6-2-1-3-7-19)16-29-14-9-18(10-15-29)23-27-22(28-31-23)20-8-4-5-13-25-20/h1-8,13,18H,9-12,14-17H2,(H,26,30). The van der Waals surface area contributed by atoms with Crippen LogP contribution < -0.4 is 5.32 Å². The highest BCUT2D eigenvalue weighted by molar-refractivity contribution is 5.78. The van der Waals surface area contributed by atoms with E-state index in [1.54, 1.807) is 6.20 Å². The Hall–Kier alpha value is -3.06. The second-order valence-corrected chi connectivity index (χ2v) is 8.64. The van der Waals surface area contributed by atoms with Crippen molar-refractivity contribution in [3.63, 3.8) is 0 Å². The van der Waals surface area contributed by atoms with Gasteiger partial charge in [0.05, 0.1) is 6.54 Å². The van der Waals surface area contributed by atoms with Crippen LogP contribution >= 0.6 is 0 Å². The van der Waals surface area contributed by atoms with Crippen LogP contribution in [0, 0.1) is 0 Å². The first-order chi connectivity index (χ1) is 15.2. The molecule has 7 heteroatoms. The van der Waals surface area contributed by atoms with Crippen molar-refractivity contribution in [1.82, 2.24) is 25.3 Å². The number of likely N-dealkylation sites (tertiary alicyclic amines) is 1. The summed E-state index contributed by atoms with van der Waals surface area (Å²) in [5, 5.41) is 7.25. The summed E-state index contributed by atoms with van der Waals surface area (Å²) in [4.78, 5) is 23.6. The van der Waals surface area contributed by atoms with Gasteiger partial charge in [-0.1, -0.05) is 41.6 Å². The molecule has 7 nitrogen and oxygen atoms in total. The lowest BCUT2D eigenvalue weighted by molar-refractivity contribution is -0.122. The molecule has 0 spiro atoms. The molecule has 1 amide bonds. The first-order valence-corrected chi connectivity index (χ1v) is 11.0. The molecule has 0 radical (unpaired) electrons. The maximum Gasteiger partial charge on any atom is 0.234 e. The Labute approximate surface area is 181 Å². The van der Waals surface area contributed by atoms with Crippen LogP contribution in [0.15, 0.2) is 59.3 Å². The largest absolute Gasteiger partial charge is 0.354 e. The lowest BCUT2D eigenvalue weighted by atomic mass is 9.96. The zero-order chi connectivity index (χ0) is 21.1. The van der Waals surface area contributed by atoms with Gasteiger partial charge in [0.25, 0.3) is 0 Å². The maximum absolute atomic E-state index is 12.5. The van der Waals surface area contributed by atoms with E-state index in [4.69, 9.17) is 4.52 Å². The molecule has 1 saturated heterocycles. The number of piperidine rings is 1. The number of pyridine rings is 1. The summed E-state index contributed by atoms with van der Waals surface area (Å²) in [7, 11) is 0. The van der Waals surface area contributed by atoms with Crippen molar-refractivity contribution in [2.75, 3.05) is 26.2 Å². The van der Waals surface area contributed by atoms with Crippen molar-refractivity contribution in [1.29, 1.82) is 0 Å². The number of carbonyl (C=O) groups excluding carboxylic acids is 1. The van der Waals surface area contributed by atoms with Crippen LogP contribution in [-0.4, -0.2) is 52.1 Å². The Morgan fingerprint density at radius 2 is 1.87 bits per heavy atom. The molecule has 0 unspecified atom stereocenters. The minimum Gasteiger partial charge on any atom is -0.354 e. The Bertz CT molecular complexity index is 1010. The molecule has 160 valence electrons. The summed E-state index contributed by atoms with van der Waals surface area (Å²) < 4.78 is 5.50. The van der Waals surface area contributed by atoms with Gasteiger partial charge in [-0.15, -0.1) is 0 Å². The lowest BCUT2D eigenvalue weighted by Gasteiger charge is -2.29. The molecule has 1 N–H and O–H groups in total. The van der Waals surface area contributed by atoms with Crippen LogP contribution in [-0.2, 0) is 10.2 Å². The molecule has 1 saturated carbocycles. The predicted octanol–water partition coefficient (Wildman–Crippen LogP) is 3.16. The lowest BCUT2D eigenvalue weighted by Crippen LogP contribution is -2.43. The zero-order valence-corrected chi connectivity index (χ0v) is 17.5. The van der Waals surface area contributed by atoms with Crippen molar-refractivity contribution in [2.45, 2.75) is 37.0 Å². The van der Waals surface area contributed by atoms with Crippen molar-refractivity contribution in [3.05, 3.63) is 66.2 Å². The molecule has 1 aliphatic carbocycles. The fourth-order valence-corrected chi connectivity index (χ4v) is 4.37. The molecule has 3 heterocycles. The number of rotatable bonds is 7. The van der Waals surface area contributed by atoms with E-state index in [0.717, 1.165) is 51.0 Å². The zero-order valence-electron chi connectivity index (χ0n) is 17.5. The fraction of sp³-hybridized carbons (Fsp3) is 0.417. The van der Waals surface area contributed by atoms with Gasteiger partial charge >= 0.3 is 0 Å². The third-order valence-corrected chi connectivity index (χ3v) is 6.50. The molecular formula is C24H27N5O2. The van der Waals surface area contributed by atoms with Crippen LogP contribution in [0.5, 0.6) is 0 Å². The summed E-state index contributed by atoms with van der Waals surface area (Å²) in [6, 6.07) is 16.2. The number of nitrogens with one attached hydrogen (secondary N) is 1. The van der Waals surface area contributed by atoms with Gasteiger partial charge in [-0.05, 0) is 56.5 Å². The molecule has 2 aromatic heterocycles. The third-order valence-electron chi connectivity index (χ3n) is 6.50. The molecule has 3 aromatic rings. The summed E-state index contributed by atoms with van der Waals surface area (Å²) in [6.45, 7) is 2.87. The van der Waals surface area contributed by atoms with E-state index >= 15 is 0 Å². The second kappa shape index (κ2) is 8.59. The molecule has 2 aliphatic rings. The number of aromatic nitrogens is 3. The first-order valence-electron chi connectivity index (χ1n) is 11.0. The predicted molar refractivity (Wildman–Crippen MR) is 116 cm³/mol. The van der Waals surface area contributed by atoms with E-state index in [0.29, 0.717) is 18.3 Å². The molecule has 0 atom stereocenters. The van der Waals surface area contributed by atoms with E-state index in [9.17, 15) is 4.79 Å². The summed E-state index contributed by atoms with van der Waals surface area (Å²) in [5.41, 5.74) is 2.20. The molecule has 0 bridgehead atoms. The third kappa shape index (κ3) is 4.51. The van der Waals surface area contributed by atoms with Crippen LogP contribution in [0.2, 0.25) is 0 Å². The van der Waals surface area contributed by atoms with E-state index in [1.807, 2.05) is 24.3 Å². The van der Waals surface area contributed by atoms with Crippen molar-refractivity contribution < 1.29 is 9.32 Å². The number of hydrogen-bond donors (Lipinski definition) is 1. The Morgan fingerprint density at radius 3 is 2.58 bits per heavy atom. The van der Waals surface area contributed by atoms with Gasteiger partial charge in [0.2, 0.25) is 17.6 Å². The maximum atomic E-state index is 12.5. The summed E-state index contributed by atoms with van der Waals surface area (Å²) in [5.74, 6) is 1.54. The summed E-state index contributed by atoms with van der Waals surface area (Å²) >= 11 is 0. The van der Waals surface area contributed by atoms with Crippen LogP contribution in [0.1, 0.15) is 43.1 Å². The minimum absolute atomic E-state index is 0.107. The van der Waals surface area contributed by atoms with Gasteiger partial charge in [-0.25, -0.2) is 0 Å². The topological polar surface area (TPSA) is 84.2 Å². The second-order valence-electron chi connectivity index (χ2n) is 8.64. The van der Waals surface area contributed by atoms with Crippen LogP contribution in [0.4, 0.5) is 0 Å².